The number of ether oxygens (including phenoxy) is 1. The number of benzene rings is 3. The Morgan fingerprint density at radius 3 is 2.35 bits per heavy atom. The fourth-order valence-corrected chi connectivity index (χ4v) is 5.59. The number of carbonyl (C=O) groups excluding carboxylic acids is 1. The van der Waals surface area contributed by atoms with E-state index in [0.29, 0.717) is 23.7 Å². The number of unbranched alkanes of at least 4 members (excludes halogenated alkanes) is 1. The maximum absolute atomic E-state index is 14.1. The molecule has 3 aromatic carbocycles. The summed E-state index contributed by atoms with van der Waals surface area (Å²) in [6.45, 7) is 6.89. The van der Waals surface area contributed by atoms with Crippen molar-refractivity contribution in [3.8, 4) is 11.5 Å². The van der Waals surface area contributed by atoms with E-state index in [4.69, 9.17) is 4.74 Å². The van der Waals surface area contributed by atoms with Crippen LogP contribution in [0.4, 0.5) is 25.0 Å². The fraction of sp³-hybridized carbons (Fsp3) is 0.387. The molecule has 8 nitrogen and oxygen atoms in total. The third-order valence-corrected chi connectivity index (χ3v) is 7.83. The Morgan fingerprint density at radius 2 is 1.74 bits per heavy atom. The number of amides is 2. The summed E-state index contributed by atoms with van der Waals surface area (Å²) in [4.78, 5) is 17.2. The van der Waals surface area contributed by atoms with Crippen LogP contribution in [0.15, 0.2) is 60.7 Å². The highest BCUT2D eigenvalue weighted by Gasteiger charge is 2.28. The molecule has 2 amide bonds. The number of halogens is 3. The highest BCUT2D eigenvalue weighted by atomic mass is 35.5. The van der Waals surface area contributed by atoms with Gasteiger partial charge in [0, 0.05) is 44.0 Å². The molecule has 0 aliphatic carbocycles. The maximum Gasteiger partial charge on any atom is 0.322 e. The third kappa shape index (κ3) is 10.1. The van der Waals surface area contributed by atoms with Crippen molar-refractivity contribution in [1.29, 1.82) is 0 Å². The van der Waals surface area contributed by atoms with Crippen LogP contribution in [0.1, 0.15) is 43.7 Å². The standard InChI is InChI=1S/C31H38F2N4O4S.ClH/c1-4-5-16-37(31(38)34-29-12-8-24(32)20-28(29)33)26-14-17-36(18-15-26)21-23-6-10-27(11-7-23)41-30-13-9-25(19-22(30)2)35-42(3,39)40;/h6-13,19-20,26,35H,4-5,14-18,21H2,1-3H3,(H,34,38);1H. The van der Waals surface area contributed by atoms with Gasteiger partial charge in [0.2, 0.25) is 10.0 Å². The molecule has 2 N–H and O–H groups in total. The molecule has 1 aliphatic heterocycles. The number of anilines is 2. The van der Waals surface area contributed by atoms with Gasteiger partial charge in [-0.05, 0) is 79.8 Å². The number of sulfonamides is 1. The van der Waals surface area contributed by atoms with Crippen LogP contribution in [0.25, 0.3) is 0 Å². The van der Waals surface area contributed by atoms with Crippen LogP contribution in [0.2, 0.25) is 0 Å². The summed E-state index contributed by atoms with van der Waals surface area (Å²) < 4.78 is 58.8. The van der Waals surface area contributed by atoms with Gasteiger partial charge in [-0.15, -0.1) is 12.4 Å². The van der Waals surface area contributed by atoms with Crippen molar-refractivity contribution < 1.29 is 26.7 Å². The molecule has 12 heteroatoms. The molecule has 0 spiro atoms. The quantitative estimate of drug-likeness (QED) is 0.233. The van der Waals surface area contributed by atoms with Gasteiger partial charge in [-0.1, -0.05) is 25.5 Å². The molecular weight excluding hydrogens is 598 g/mol. The number of hydrogen-bond donors (Lipinski definition) is 2. The van der Waals surface area contributed by atoms with E-state index in [9.17, 15) is 22.0 Å². The zero-order valence-corrected chi connectivity index (χ0v) is 26.2. The second-order valence-electron chi connectivity index (χ2n) is 10.7. The molecule has 1 heterocycles. The van der Waals surface area contributed by atoms with E-state index in [1.165, 1.54) is 6.07 Å². The Labute approximate surface area is 258 Å². The fourth-order valence-electron chi connectivity index (χ4n) is 5.03. The van der Waals surface area contributed by atoms with Gasteiger partial charge in [0.15, 0.2) is 0 Å². The summed E-state index contributed by atoms with van der Waals surface area (Å²) in [5, 5.41) is 2.62. The lowest BCUT2D eigenvalue weighted by molar-refractivity contribution is 0.122. The second kappa shape index (κ2) is 15.4. The molecular formula is C31H39ClF2N4O4S. The van der Waals surface area contributed by atoms with Crippen LogP contribution in [-0.2, 0) is 16.6 Å². The van der Waals surface area contributed by atoms with Crippen molar-refractivity contribution in [1.82, 2.24) is 9.80 Å². The van der Waals surface area contributed by atoms with E-state index < -0.39 is 21.7 Å². The number of nitrogens with zero attached hydrogens (tertiary/aromatic N) is 2. The van der Waals surface area contributed by atoms with Gasteiger partial charge in [-0.3, -0.25) is 9.62 Å². The highest BCUT2D eigenvalue weighted by Crippen LogP contribution is 2.28. The lowest BCUT2D eigenvalue weighted by atomic mass is 10.0. The Balaban J connectivity index is 0.00000506. The summed E-state index contributed by atoms with van der Waals surface area (Å²) in [5.74, 6) is -0.156. The number of urea groups is 1. The highest BCUT2D eigenvalue weighted by molar-refractivity contribution is 7.92. The van der Waals surface area contributed by atoms with E-state index in [2.05, 4.69) is 21.9 Å². The second-order valence-corrected chi connectivity index (χ2v) is 12.5. The van der Waals surface area contributed by atoms with Gasteiger partial charge in [0.25, 0.3) is 0 Å². The van der Waals surface area contributed by atoms with Gasteiger partial charge in [-0.25, -0.2) is 22.0 Å². The minimum absolute atomic E-state index is 0. The van der Waals surface area contributed by atoms with E-state index in [-0.39, 0.29) is 30.2 Å². The lowest BCUT2D eigenvalue weighted by Crippen LogP contribution is -2.49. The van der Waals surface area contributed by atoms with Crippen LogP contribution in [0.5, 0.6) is 11.5 Å². The van der Waals surface area contributed by atoms with Crippen LogP contribution in [0, 0.1) is 18.6 Å². The summed E-state index contributed by atoms with van der Waals surface area (Å²) in [5.41, 5.74) is 2.40. The molecule has 1 fully saturated rings. The minimum Gasteiger partial charge on any atom is -0.457 e. The average Bonchev–Trinajstić information content (AvgIpc) is 2.93. The van der Waals surface area contributed by atoms with E-state index >= 15 is 0 Å². The van der Waals surface area contributed by atoms with Gasteiger partial charge < -0.3 is 15.0 Å². The zero-order valence-electron chi connectivity index (χ0n) is 24.6. The molecule has 1 saturated heterocycles. The maximum atomic E-state index is 14.1. The van der Waals surface area contributed by atoms with Gasteiger partial charge >= 0.3 is 6.03 Å². The molecule has 0 aromatic heterocycles. The number of carbonyl (C=O) groups is 1. The number of nitrogens with one attached hydrogen (secondary N) is 2. The zero-order chi connectivity index (χ0) is 30.3. The van der Waals surface area contributed by atoms with E-state index in [1.54, 1.807) is 23.1 Å². The van der Waals surface area contributed by atoms with Gasteiger partial charge in [0.05, 0.1) is 11.9 Å². The molecule has 0 atom stereocenters. The first-order valence-corrected chi connectivity index (χ1v) is 16.0. The van der Waals surface area contributed by atoms with Crippen molar-refractivity contribution >= 4 is 39.8 Å². The van der Waals surface area contributed by atoms with Crippen LogP contribution in [-0.4, -0.2) is 56.2 Å². The van der Waals surface area contributed by atoms with Crippen LogP contribution < -0.4 is 14.8 Å². The minimum atomic E-state index is -3.35. The number of piperidine rings is 1. The molecule has 43 heavy (non-hydrogen) atoms. The Bertz CT molecular complexity index is 1480. The first kappa shape index (κ1) is 34.1. The topological polar surface area (TPSA) is 91.0 Å². The molecule has 0 radical (unpaired) electrons. The molecule has 0 saturated carbocycles. The van der Waals surface area contributed by atoms with Crippen molar-refractivity contribution in [3.05, 3.63) is 83.4 Å². The predicted molar refractivity (Wildman–Crippen MR) is 169 cm³/mol. The Hall–Kier alpha value is -3.41. The SMILES string of the molecule is CCCCN(C(=O)Nc1ccc(F)cc1F)C1CCN(Cc2ccc(Oc3ccc(NS(C)(=O)=O)cc3C)cc2)CC1.Cl. The monoisotopic (exact) mass is 636 g/mol. The first-order chi connectivity index (χ1) is 20.0. The number of rotatable bonds is 11. The molecule has 4 rings (SSSR count). The van der Waals surface area contributed by atoms with Gasteiger partial charge in [-0.2, -0.15) is 0 Å². The lowest BCUT2D eigenvalue weighted by Gasteiger charge is -2.38. The largest absolute Gasteiger partial charge is 0.457 e. The average molecular weight is 637 g/mol. The van der Waals surface area contributed by atoms with Gasteiger partial charge in [0.1, 0.15) is 23.1 Å². The van der Waals surface area contributed by atoms with Crippen LogP contribution in [0.3, 0.4) is 0 Å². The molecule has 3 aromatic rings. The van der Waals surface area contributed by atoms with Crippen LogP contribution >= 0.6 is 12.4 Å². The van der Waals surface area contributed by atoms with E-state index in [1.807, 2.05) is 31.2 Å². The van der Waals surface area contributed by atoms with Crippen molar-refractivity contribution in [3.63, 3.8) is 0 Å². The third-order valence-electron chi connectivity index (χ3n) is 7.22. The van der Waals surface area contributed by atoms with Crippen molar-refractivity contribution in [2.45, 2.75) is 52.1 Å². The number of aryl methyl sites for hydroxylation is 1. The molecule has 0 unspecified atom stereocenters. The number of hydrogen-bond acceptors (Lipinski definition) is 5. The molecule has 1 aliphatic rings. The normalized spacial score (nSPS) is 14.1. The summed E-state index contributed by atoms with van der Waals surface area (Å²) in [6, 6.07) is 15.8. The smallest absolute Gasteiger partial charge is 0.322 e. The Morgan fingerprint density at radius 1 is 1.05 bits per heavy atom. The predicted octanol–water partition coefficient (Wildman–Crippen LogP) is 7.16. The summed E-state index contributed by atoms with van der Waals surface area (Å²) in [6.07, 6.45) is 4.48. The van der Waals surface area contributed by atoms with Crippen molar-refractivity contribution in [2.75, 3.05) is 35.9 Å². The summed E-state index contributed by atoms with van der Waals surface area (Å²) >= 11 is 0. The Kier molecular flexibility index (Phi) is 12.2. The van der Waals surface area contributed by atoms with E-state index in [0.717, 1.165) is 74.8 Å². The summed E-state index contributed by atoms with van der Waals surface area (Å²) in [7, 11) is -3.35. The molecule has 0 bridgehead atoms. The van der Waals surface area contributed by atoms with Crippen molar-refractivity contribution in [2.24, 2.45) is 0 Å². The molecule has 234 valence electrons. The first-order valence-electron chi connectivity index (χ1n) is 14.1. The number of likely N-dealkylation sites (tertiary alicyclic amines) is 1.